The SMILES string of the molecule is O=C1CN(C2CCS(=O)(=O)C2)C(=O)N1Cc1ccccc1. The normalized spacial score (nSPS) is 24.9. The Bertz CT molecular complexity index is 671. The summed E-state index contributed by atoms with van der Waals surface area (Å²) in [7, 11) is -3.07. The average molecular weight is 308 g/mol. The van der Waals surface area contributed by atoms with E-state index in [-0.39, 0.29) is 42.6 Å². The third kappa shape index (κ3) is 2.78. The number of rotatable bonds is 3. The van der Waals surface area contributed by atoms with Gasteiger partial charge in [0.1, 0.15) is 6.54 Å². The van der Waals surface area contributed by atoms with Crippen LogP contribution in [0.5, 0.6) is 0 Å². The molecule has 1 unspecified atom stereocenters. The van der Waals surface area contributed by atoms with Gasteiger partial charge in [0.25, 0.3) is 5.91 Å². The number of benzene rings is 1. The summed E-state index contributed by atoms with van der Waals surface area (Å²) in [6, 6.07) is 8.51. The molecular weight excluding hydrogens is 292 g/mol. The quantitative estimate of drug-likeness (QED) is 0.768. The van der Waals surface area contributed by atoms with E-state index in [1.54, 1.807) is 0 Å². The molecule has 1 aromatic carbocycles. The van der Waals surface area contributed by atoms with Crippen LogP contribution in [0.2, 0.25) is 0 Å². The van der Waals surface area contributed by atoms with Crippen LogP contribution in [-0.2, 0) is 21.2 Å². The second-order valence-electron chi connectivity index (χ2n) is 5.43. The predicted molar refractivity (Wildman–Crippen MR) is 76.2 cm³/mol. The maximum atomic E-state index is 12.4. The largest absolute Gasteiger partial charge is 0.327 e. The van der Waals surface area contributed by atoms with E-state index in [4.69, 9.17) is 0 Å². The van der Waals surface area contributed by atoms with Crippen molar-refractivity contribution in [1.29, 1.82) is 0 Å². The Labute approximate surface area is 123 Å². The molecule has 0 saturated carbocycles. The molecular formula is C14H16N2O4S. The van der Waals surface area contributed by atoms with Crippen molar-refractivity contribution in [3.05, 3.63) is 35.9 Å². The lowest BCUT2D eigenvalue weighted by atomic mass is 10.2. The molecule has 7 heteroatoms. The fourth-order valence-corrected chi connectivity index (χ4v) is 4.52. The van der Waals surface area contributed by atoms with Crippen molar-refractivity contribution in [2.45, 2.75) is 19.0 Å². The molecule has 2 aliphatic heterocycles. The highest BCUT2D eigenvalue weighted by Crippen LogP contribution is 2.23. The first kappa shape index (κ1) is 14.1. The molecule has 112 valence electrons. The standard InChI is InChI=1S/C14H16N2O4S/c17-13-9-15(12-6-7-21(19,20)10-12)14(18)16(13)8-11-4-2-1-3-5-11/h1-5,12H,6-10H2. The summed E-state index contributed by atoms with van der Waals surface area (Å²) in [5.41, 5.74) is 0.875. The van der Waals surface area contributed by atoms with Crippen molar-refractivity contribution in [1.82, 2.24) is 9.80 Å². The van der Waals surface area contributed by atoms with Gasteiger partial charge in [-0.3, -0.25) is 9.69 Å². The maximum Gasteiger partial charge on any atom is 0.327 e. The fourth-order valence-electron chi connectivity index (χ4n) is 2.79. The first-order valence-electron chi connectivity index (χ1n) is 6.81. The predicted octanol–water partition coefficient (Wildman–Crippen LogP) is 0.638. The van der Waals surface area contributed by atoms with Gasteiger partial charge >= 0.3 is 6.03 Å². The lowest BCUT2D eigenvalue weighted by Gasteiger charge is -2.22. The van der Waals surface area contributed by atoms with Crippen LogP contribution in [0.4, 0.5) is 4.79 Å². The van der Waals surface area contributed by atoms with Gasteiger partial charge < -0.3 is 4.90 Å². The van der Waals surface area contributed by atoms with Gasteiger partial charge in [0.2, 0.25) is 0 Å². The number of carbonyl (C=O) groups is 2. The highest BCUT2D eigenvalue weighted by atomic mass is 32.2. The monoisotopic (exact) mass is 308 g/mol. The van der Waals surface area contributed by atoms with E-state index in [2.05, 4.69) is 0 Å². The van der Waals surface area contributed by atoms with Crippen LogP contribution in [0.1, 0.15) is 12.0 Å². The number of urea groups is 1. The number of hydrogen-bond donors (Lipinski definition) is 0. The third-order valence-electron chi connectivity index (χ3n) is 3.92. The molecule has 0 radical (unpaired) electrons. The van der Waals surface area contributed by atoms with E-state index in [9.17, 15) is 18.0 Å². The summed E-state index contributed by atoms with van der Waals surface area (Å²) in [5, 5.41) is 0. The molecule has 0 aliphatic carbocycles. The van der Waals surface area contributed by atoms with Crippen LogP contribution < -0.4 is 0 Å². The summed E-state index contributed by atoms with van der Waals surface area (Å²) in [5.74, 6) is -0.215. The van der Waals surface area contributed by atoms with Gasteiger partial charge in [0.15, 0.2) is 9.84 Å². The van der Waals surface area contributed by atoms with Crippen LogP contribution in [-0.4, -0.2) is 54.2 Å². The van der Waals surface area contributed by atoms with Crippen LogP contribution in [0.3, 0.4) is 0 Å². The van der Waals surface area contributed by atoms with Crippen LogP contribution >= 0.6 is 0 Å². The minimum atomic E-state index is -3.07. The lowest BCUT2D eigenvalue weighted by Crippen LogP contribution is -2.39. The van der Waals surface area contributed by atoms with E-state index in [0.717, 1.165) is 5.56 Å². The van der Waals surface area contributed by atoms with E-state index in [0.29, 0.717) is 6.42 Å². The molecule has 6 nitrogen and oxygen atoms in total. The summed E-state index contributed by atoms with van der Waals surface area (Å²) in [6.07, 6.45) is 0.417. The van der Waals surface area contributed by atoms with Gasteiger partial charge in [-0.05, 0) is 12.0 Å². The van der Waals surface area contributed by atoms with Gasteiger partial charge in [-0.15, -0.1) is 0 Å². The minimum absolute atomic E-state index is 0.0220. The number of nitrogens with zero attached hydrogens (tertiary/aromatic N) is 2. The number of sulfone groups is 1. The van der Waals surface area contributed by atoms with Crippen LogP contribution in [0.25, 0.3) is 0 Å². The van der Waals surface area contributed by atoms with Crippen molar-refractivity contribution in [2.24, 2.45) is 0 Å². The van der Waals surface area contributed by atoms with Crippen LogP contribution in [0, 0.1) is 0 Å². The average Bonchev–Trinajstić information content (AvgIpc) is 2.94. The smallest absolute Gasteiger partial charge is 0.311 e. The zero-order valence-corrected chi connectivity index (χ0v) is 12.3. The Morgan fingerprint density at radius 1 is 1.14 bits per heavy atom. The van der Waals surface area contributed by atoms with Gasteiger partial charge in [-0.2, -0.15) is 0 Å². The molecule has 2 aliphatic rings. The zero-order chi connectivity index (χ0) is 15.0. The first-order valence-corrected chi connectivity index (χ1v) is 8.64. The van der Waals surface area contributed by atoms with Gasteiger partial charge in [-0.1, -0.05) is 30.3 Å². The molecule has 3 rings (SSSR count). The second kappa shape index (κ2) is 5.14. The highest BCUT2D eigenvalue weighted by Gasteiger charge is 2.43. The van der Waals surface area contributed by atoms with Gasteiger partial charge in [0, 0.05) is 6.04 Å². The van der Waals surface area contributed by atoms with Gasteiger partial charge in [-0.25, -0.2) is 13.2 Å². The van der Waals surface area contributed by atoms with Gasteiger partial charge in [0.05, 0.1) is 18.1 Å². The summed E-state index contributed by atoms with van der Waals surface area (Å²) >= 11 is 0. The summed E-state index contributed by atoms with van der Waals surface area (Å²) < 4.78 is 23.0. The molecule has 2 heterocycles. The molecule has 0 bridgehead atoms. The Balaban J connectivity index is 1.74. The number of imide groups is 1. The van der Waals surface area contributed by atoms with Crippen LogP contribution in [0.15, 0.2) is 30.3 Å². The number of amides is 3. The van der Waals surface area contributed by atoms with E-state index in [1.165, 1.54) is 9.80 Å². The molecule has 0 aromatic heterocycles. The number of hydrogen-bond acceptors (Lipinski definition) is 4. The Morgan fingerprint density at radius 2 is 1.86 bits per heavy atom. The molecule has 2 fully saturated rings. The fraction of sp³-hybridized carbons (Fsp3) is 0.429. The molecule has 3 amide bonds. The summed E-state index contributed by atoms with van der Waals surface area (Å²) in [6.45, 7) is 0.209. The summed E-state index contributed by atoms with van der Waals surface area (Å²) in [4.78, 5) is 27.0. The van der Waals surface area contributed by atoms with Crippen molar-refractivity contribution < 1.29 is 18.0 Å². The molecule has 21 heavy (non-hydrogen) atoms. The molecule has 2 saturated heterocycles. The molecule has 0 N–H and O–H groups in total. The molecule has 0 spiro atoms. The number of carbonyl (C=O) groups excluding carboxylic acids is 2. The maximum absolute atomic E-state index is 12.4. The van der Waals surface area contributed by atoms with Crippen molar-refractivity contribution in [3.8, 4) is 0 Å². The second-order valence-corrected chi connectivity index (χ2v) is 7.66. The van der Waals surface area contributed by atoms with Crippen molar-refractivity contribution >= 4 is 21.8 Å². The molecule has 1 aromatic rings. The van der Waals surface area contributed by atoms with E-state index < -0.39 is 9.84 Å². The van der Waals surface area contributed by atoms with E-state index >= 15 is 0 Å². The van der Waals surface area contributed by atoms with Crippen molar-refractivity contribution in [2.75, 3.05) is 18.1 Å². The Morgan fingerprint density at radius 3 is 2.48 bits per heavy atom. The highest BCUT2D eigenvalue weighted by molar-refractivity contribution is 7.91. The Hall–Kier alpha value is -1.89. The van der Waals surface area contributed by atoms with Crippen molar-refractivity contribution in [3.63, 3.8) is 0 Å². The first-order chi connectivity index (χ1) is 9.96. The third-order valence-corrected chi connectivity index (χ3v) is 5.67. The van der Waals surface area contributed by atoms with E-state index in [1.807, 2.05) is 30.3 Å². The molecule has 1 atom stereocenters. The zero-order valence-electron chi connectivity index (χ0n) is 11.4. The topological polar surface area (TPSA) is 74.8 Å². The minimum Gasteiger partial charge on any atom is -0.311 e. The lowest BCUT2D eigenvalue weighted by molar-refractivity contribution is -0.125. The Kier molecular flexibility index (Phi) is 3.44.